The fourth-order valence-corrected chi connectivity index (χ4v) is 2.19. The van der Waals surface area contributed by atoms with E-state index in [-0.39, 0.29) is 12.2 Å². The van der Waals surface area contributed by atoms with Gasteiger partial charge in [-0.05, 0) is 18.2 Å². The van der Waals surface area contributed by atoms with E-state index in [1.807, 2.05) is 0 Å². The first-order chi connectivity index (χ1) is 10.8. The maximum atomic E-state index is 12.8. The van der Waals surface area contributed by atoms with Gasteiger partial charge in [0.1, 0.15) is 10.7 Å². The molecule has 3 rings (SSSR count). The van der Waals surface area contributed by atoms with Crippen molar-refractivity contribution >= 4 is 11.6 Å². The number of nitrogens with zero attached hydrogens (tertiary/aromatic N) is 2. The van der Waals surface area contributed by atoms with Gasteiger partial charge in [0.15, 0.2) is 5.76 Å². The summed E-state index contributed by atoms with van der Waals surface area (Å²) < 4.78 is 49.3. The fourth-order valence-electron chi connectivity index (χ4n) is 1.97. The van der Waals surface area contributed by atoms with Gasteiger partial charge in [0.25, 0.3) is 5.56 Å². The number of aromatic nitrogens is 2. The summed E-state index contributed by atoms with van der Waals surface area (Å²) >= 11 is 5.59. The van der Waals surface area contributed by atoms with Crippen LogP contribution in [0.3, 0.4) is 0 Å². The Morgan fingerprint density at radius 3 is 2.70 bits per heavy atom. The molecule has 0 unspecified atom stereocenters. The SMILES string of the molecule is O=c1c(Cl)cc(C(F)(F)F)cn1Cc1cc(-c2ccco2)on1. The zero-order valence-electron chi connectivity index (χ0n) is 11.3. The van der Waals surface area contributed by atoms with E-state index >= 15 is 0 Å². The lowest BCUT2D eigenvalue weighted by atomic mass is 10.2. The van der Waals surface area contributed by atoms with Crippen LogP contribution in [0, 0.1) is 0 Å². The number of pyridine rings is 1. The third-order valence-electron chi connectivity index (χ3n) is 3.02. The summed E-state index contributed by atoms with van der Waals surface area (Å²) in [7, 11) is 0. The van der Waals surface area contributed by atoms with Crippen LogP contribution in [0.4, 0.5) is 13.2 Å². The maximum absolute atomic E-state index is 12.8. The van der Waals surface area contributed by atoms with Gasteiger partial charge in [-0.2, -0.15) is 13.2 Å². The third kappa shape index (κ3) is 3.16. The molecule has 0 radical (unpaired) electrons. The van der Waals surface area contributed by atoms with Crippen LogP contribution in [0.5, 0.6) is 0 Å². The van der Waals surface area contributed by atoms with Crippen molar-refractivity contribution in [3.8, 4) is 11.5 Å². The molecule has 0 fully saturated rings. The van der Waals surface area contributed by atoms with Gasteiger partial charge in [-0.25, -0.2) is 0 Å². The zero-order valence-corrected chi connectivity index (χ0v) is 12.1. The second-order valence-electron chi connectivity index (χ2n) is 4.67. The Hall–Kier alpha value is -2.48. The minimum Gasteiger partial charge on any atom is -0.461 e. The average molecular weight is 345 g/mol. The van der Waals surface area contributed by atoms with Crippen LogP contribution in [-0.2, 0) is 12.7 Å². The highest BCUT2D eigenvalue weighted by molar-refractivity contribution is 6.30. The number of halogens is 4. The Morgan fingerprint density at radius 1 is 1.26 bits per heavy atom. The second-order valence-corrected chi connectivity index (χ2v) is 5.07. The van der Waals surface area contributed by atoms with Crippen molar-refractivity contribution in [3.05, 3.63) is 63.4 Å². The van der Waals surface area contributed by atoms with Gasteiger partial charge < -0.3 is 13.5 Å². The van der Waals surface area contributed by atoms with Gasteiger partial charge in [0, 0.05) is 12.3 Å². The van der Waals surface area contributed by atoms with E-state index < -0.39 is 22.3 Å². The molecule has 0 aliphatic heterocycles. The zero-order chi connectivity index (χ0) is 16.6. The van der Waals surface area contributed by atoms with Crippen molar-refractivity contribution in [2.24, 2.45) is 0 Å². The second kappa shape index (κ2) is 5.62. The van der Waals surface area contributed by atoms with E-state index in [4.69, 9.17) is 20.5 Å². The highest BCUT2D eigenvalue weighted by atomic mass is 35.5. The van der Waals surface area contributed by atoms with E-state index in [9.17, 15) is 18.0 Å². The van der Waals surface area contributed by atoms with Gasteiger partial charge in [-0.3, -0.25) is 4.79 Å². The molecular formula is C14H8ClF3N2O3. The number of hydrogen-bond donors (Lipinski definition) is 0. The summed E-state index contributed by atoms with van der Waals surface area (Å²) in [5.74, 6) is 0.717. The predicted molar refractivity (Wildman–Crippen MR) is 74.0 cm³/mol. The van der Waals surface area contributed by atoms with Gasteiger partial charge in [-0.1, -0.05) is 16.8 Å². The molecule has 23 heavy (non-hydrogen) atoms. The third-order valence-corrected chi connectivity index (χ3v) is 3.30. The van der Waals surface area contributed by atoms with Crippen molar-refractivity contribution in [1.29, 1.82) is 0 Å². The maximum Gasteiger partial charge on any atom is 0.417 e. The molecule has 0 amide bonds. The smallest absolute Gasteiger partial charge is 0.417 e. The molecular weight excluding hydrogens is 337 g/mol. The summed E-state index contributed by atoms with van der Waals surface area (Å²) in [6, 6.07) is 5.35. The highest BCUT2D eigenvalue weighted by Gasteiger charge is 2.32. The molecule has 3 aromatic heterocycles. The summed E-state index contributed by atoms with van der Waals surface area (Å²) in [5, 5.41) is 3.19. The normalized spacial score (nSPS) is 11.8. The van der Waals surface area contributed by atoms with Gasteiger partial charge in [0.2, 0.25) is 5.76 Å². The summed E-state index contributed by atoms with van der Waals surface area (Å²) in [5.41, 5.74) is -1.51. The molecule has 0 aromatic carbocycles. The topological polar surface area (TPSA) is 61.2 Å². The molecule has 0 N–H and O–H groups in total. The van der Waals surface area contributed by atoms with E-state index in [2.05, 4.69) is 5.16 Å². The molecule has 0 aliphatic carbocycles. The van der Waals surface area contributed by atoms with Crippen molar-refractivity contribution < 1.29 is 22.1 Å². The number of furan rings is 1. The molecule has 0 saturated heterocycles. The Kier molecular flexibility index (Phi) is 3.77. The first-order valence-corrected chi connectivity index (χ1v) is 6.69. The molecule has 120 valence electrons. The quantitative estimate of drug-likeness (QED) is 0.724. The summed E-state index contributed by atoms with van der Waals surface area (Å²) in [6.45, 7) is -0.216. The minimum absolute atomic E-state index is 0.216. The number of rotatable bonds is 3. The van der Waals surface area contributed by atoms with E-state index in [0.29, 0.717) is 23.8 Å². The van der Waals surface area contributed by atoms with Crippen LogP contribution < -0.4 is 5.56 Å². The highest BCUT2D eigenvalue weighted by Crippen LogP contribution is 2.30. The van der Waals surface area contributed by atoms with Gasteiger partial charge >= 0.3 is 6.18 Å². The lowest BCUT2D eigenvalue weighted by Crippen LogP contribution is -2.23. The monoisotopic (exact) mass is 344 g/mol. The van der Waals surface area contributed by atoms with Crippen LogP contribution in [-0.4, -0.2) is 9.72 Å². The Labute approximate surface area is 131 Å². The number of alkyl halides is 3. The Morgan fingerprint density at radius 2 is 2.04 bits per heavy atom. The van der Waals surface area contributed by atoms with Crippen LogP contribution in [0.2, 0.25) is 5.02 Å². The molecule has 3 heterocycles. The van der Waals surface area contributed by atoms with Gasteiger partial charge in [-0.15, -0.1) is 0 Å². The van der Waals surface area contributed by atoms with E-state index in [1.165, 1.54) is 12.3 Å². The Bertz CT molecular complexity index is 882. The van der Waals surface area contributed by atoms with Crippen LogP contribution >= 0.6 is 11.6 Å². The molecule has 5 nitrogen and oxygen atoms in total. The summed E-state index contributed by atoms with van der Waals surface area (Å²) in [4.78, 5) is 11.9. The van der Waals surface area contributed by atoms with E-state index in [0.717, 1.165) is 4.57 Å². The van der Waals surface area contributed by atoms with Crippen molar-refractivity contribution in [1.82, 2.24) is 9.72 Å². The molecule has 0 bridgehead atoms. The molecule has 0 spiro atoms. The largest absolute Gasteiger partial charge is 0.461 e. The van der Waals surface area contributed by atoms with Gasteiger partial charge in [0.05, 0.1) is 18.4 Å². The van der Waals surface area contributed by atoms with Crippen molar-refractivity contribution in [2.45, 2.75) is 12.7 Å². The molecule has 0 aliphatic rings. The Balaban J connectivity index is 1.94. The fraction of sp³-hybridized carbons (Fsp3) is 0.143. The molecule has 3 aromatic rings. The molecule has 9 heteroatoms. The average Bonchev–Trinajstić information content (AvgIpc) is 3.13. The first kappa shape index (κ1) is 15.4. The lowest BCUT2D eigenvalue weighted by molar-refractivity contribution is -0.138. The number of hydrogen-bond acceptors (Lipinski definition) is 4. The standard InChI is InChI=1S/C14H8ClF3N2O3/c15-10-4-8(14(16,17)18)6-20(13(10)21)7-9-5-12(23-19-9)11-2-1-3-22-11/h1-6H,7H2. The van der Waals surface area contributed by atoms with Crippen LogP contribution in [0.25, 0.3) is 11.5 Å². The molecule has 0 saturated carbocycles. The first-order valence-electron chi connectivity index (χ1n) is 6.31. The van der Waals surface area contributed by atoms with Crippen LogP contribution in [0.1, 0.15) is 11.3 Å². The molecule has 0 atom stereocenters. The van der Waals surface area contributed by atoms with Crippen molar-refractivity contribution in [2.75, 3.05) is 0 Å². The van der Waals surface area contributed by atoms with Crippen molar-refractivity contribution in [3.63, 3.8) is 0 Å². The minimum atomic E-state index is -4.61. The summed E-state index contributed by atoms with van der Waals surface area (Å²) in [6.07, 6.45) is -2.48. The van der Waals surface area contributed by atoms with E-state index in [1.54, 1.807) is 12.1 Å². The lowest BCUT2D eigenvalue weighted by Gasteiger charge is -2.10. The van der Waals surface area contributed by atoms with Crippen LogP contribution in [0.15, 0.2) is 50.5 Å². The predicted octanol–water partition coefficient (Wildman–Crippen LogP) is 3.82.